The molecule has 0 aromatic carbocycles. The fourth-order valence-corrected chi connectivity index (χ4v) is 3.67. The van der Waals surface area contributed by atoms with E-state index in [1.807, 2.05) is 12.1 Å². The third-order valence-corrected chi connectivity index (χ3v) is 5.28. The van der Waals surface area contributed by atoms with Crippen molar-refractivity contribution in [2.45, 2.75) is 32.4 Å². The topological polar surface area (TPSA) is 62.3 Å². The third kappa shape index (κ3) is 3.77. The Balaban J connectivity index is 1.95. The molecule has 1 aliphatic rings. The molecule has 0 bridgehead atoms. The second-order valence-electron chi connectivity index (χ2n) is 5.66. The van der Waals surface area contributed by atoms with Crippen LogP contribution in [0.25, 0.3) is 0 Å². The summed E-state index contributed by atoms with van der Waals surface area (Å²) in [7, 11) is -3.07. The summed E-state index contributed by atoms with van der Waals surface area (Å²) in [5.41, 5.74) is 1.21. The number of pyridine rings is 1. The van der Waals surface area contributed by atoms with Crippen LogP contribution < -0.4 is 5.32 Å². The molecular formula is C14H23N3O2S. The lowest BCUT2D eigenvalue weighted by Gasteiger charge is -2.37. The summed E-state index contributed by atoms with van der Waals surface area (Å²) < 4.78 is 24.7. The second kappa shape index (κ2) is 6.20. The van der Waals surface area contributed by atoms with Crippen LogP contribution in [0.2, 0.25) is 0 Å². The van der Waals surface area contributed by atoms with E-state index in [1.165, 1.54) is 11.8 Å². The molecule has 0 amide bonds. The van der Waals surface area contributed by atoms with Crippen LogP contribution in [0.4, 0.5) is 0 Å². The summed E-state index contributed by atoms with van der Waals surface area (Å²) >= 11 is 0. The van der Waals surface area contributed by atoms with E-state index in [0.29, 0.717) is 25.0 Å². The van der Waals surface area contributed by atoms with Gasteiger partial charge in [0.1, 0.15) is 0 Å². The van der Waals surface area contributed by atoms with E-state index in [4.69, 9.17) is 0 Å². The minimum Gasteiger partial charge on any atom is -0.307 e. The van der Waals surface area contributed by atoms with Crippen molar-refractivity contribution in [3.05, 3.63) is 30.1 Å². The molecule has 1 aromatic heterocycles. The number of rotatable bonds is 4. The van der Waals surface area contributed by atoms with E-state index < -0.39 is 10.0 Å². The minimum absolute atomic E-state index is 0.246. The largest absolute Gasteiger partial charge is 0.307 e. The van der Waals surface area contributed by atoms with Gasteiger partial charge in [0, 0.05) is 37.6 Å². The molecule has 2 rings (SSSR count). The zero-order chi connectivity index (χ0) is 14.8. The normalized spacial score (nSPS) is 26.4. The van der Waals surface area contributed by atoms with Crippen molar-refractivity contribution < 1.29 is 8.42 Å². The van der Waals surface area contributed by atoms with Crippen LogP contribution in [0.1, 0.15) is 31.9 Å². The van der Waals surface area contributed by atoms with E-state index in [9.17, 15) is 8.42 Å². The smallest absolute Gasteiger partial charge is 0.211 e. The van der Waals surface area contributed by atoms with Gasteiger partial charge < -0.3 is 5.32 Å². The molecule has 1 N–H and O–H groups in total. The van der Waals surface area contributed by atoms with Gasteiger partial charge in [-0.1, -0.05) is 6.92 Å². The average molecular weight is 297 g/mol. The number of nitrogens with one attached hydrogen (secondary N) is 1. The molecule has 1 aromatic rings. The zero-order valence-corrected chi connectivity index (χ0v) is 13.1. The molecule has 20 heavy (non-hydrogen) atoms. The third-order valence-electron chi connectivity index (χ3n) is 4.01. The van der Waals surface area contributed by atoms with Crippen molar-refractivity contribution in [3.8, 4) is 0 Å². The van der Waals surface area contributed by atoms with Crippen LogP contribution in [0.5, 0.6) is 0 Å². The maximum Gasteiger partial charge on any atom is 0.211 e. The molecule has 6 heteroatoms. The summed E-state index contributed by atoms with van der Waals surface area (Å²) in [6, 6.07) is 4.61. The van der Waals surface area contributed by atoms with Crippen LogP contribution in [0.15, 0.2) is 24.5 Å². The molecule has 1 fully saturated rings. The molecule has 1 saturated heterocycles. The maximum absolute atomic E-state index is 11.6. The van der Waals surface area contributed by atoms with Crippen molar-refractivity contribution in [2.24, 2.45) is 5.92 Å². The van der Waals surface area contributed by atoms with E-state index in [0.717, 1.165) is 6.42 Å². The van der Waals surface area contributed by atoms with Crippen LogP contribution in [-0.4, -0.2) is 43.1 Å². The summed E-state index contributed by atoms with van der Waals surface area (Å²) in [6.45, 7) is 5.43. The second-order valence-corrected chi connectivity index (χ2v) is 7.64. The lowest BCUT2D eigenvalue weighted by atomic mass is 9.94. The Kier molecular flexibility index (Phi) is 4.78. The fourth-order valence-electron chi connectivity index (χ4n) is 2.73. The predicted molar refractivity (Wildman–Crippen MR) is 79.8 cm³/mol. The highest BCUT2D eigenvalue weighted by atomic mass is 32.2. The van der Waals surface area contributed by atoms with Crippen LogP contribution in [0.3, 0.4) is 0 Å². The molecule has 1 aliphatic heterocycles. The first kappa shape index (κ1) is 15.4. The Labute approximate surface area is 121 Å². The van der Waals surface area contributed by atoms with Gasteiger partial charge in [-0.3, -0.25) is 4.98 Å². The van der Waals surface area contributed by atoms with Gasteiger partial charge in [0.05, 0.1) is 6.26 Å². The molecule has 112 valence electrons. The standard InChI is InChI=1S/C14H23N3O2S/c1-11-10-17(20(3,18)19)9-6-14(11)16-12(2)13-4-7-15-8-5-13/h4-5,7-8,11-12,14,16H,6,9-10H2,1-3H3/t11-,12+,14-/m1/s1. The van der Waals surface area contributed by atoms with Crippen molar-refractivity contribution in [1.82, 2.24) is 14.6 Å². The fraction of sp³-hybridized carbons (Fsp3) is 0.643. The molecule has 0 aliphatic carbocycles. The number of sulfonamides is 1. The molecule has 2 heterocycles. The molecule has 0 saturated carbocycles. The highest BCUT2D eigenvalue weighted by Gasteiger charge is 2.30. The Hall–Kier alpha value is -0.980. The Morgan fingerprint density at radius 2 is 2.05 bits per heavy atom. The van der Waals surface area contributed by atoms with Crippen molar-refractivity contribution in [2.75, 3.05) is 19.3 Å². The van der Waals surface area contributed by atoms with Crippen molar-refractivity contribution >= 4 is 10.0 Å². The van der Waals surface area contributed by atoms with Gasteiger partial charge >= 0.3 is 0 Å². The summed E-state index contributed by atoms with van der Waals surface area (Å²) in [5.74, 6) is 0.308. The van der Waals surface area contributed by atoms with Crippen LogP contribution >= 0.6 is 0 Å². The summed E-state index contributed by atoms with van der Waals surface area (Å²) in [5, 5.41) is 3.61. The summed E-state index contributed by atoms with van der Waals surface area (Å²) in [4.78, 5) is 4.03. The maximum atomic E-state index is 11.6. The van der Waals surface area contributed by atoms with Gasteiger partial charge in [0.15, 0.2) is 0 Å². The number of piperidine rings is 1. The Morgan fingerprint density at radius 1 is 1.40 bits per heavy atom. The molecule has 0 spiro atoms. The van der Waals surface area contributed by atoms with E-state index >= 15 is 0 Å². The Bertz CT molecular complexity index is 533. The molecular weight excluding hydrogens is 274 g/mol. The number of aromatic nitrogens is 1. The zero-order valence-electron chi connectivity index (χ0n) is 12.3. The SMILES string of the molecule is C[C@H](N[C@@H]1CCN(S(C)(=O)=O)C[C@H]1C)c1ccncc1. The lowest BCUT2D eigenvalue weighted by molar-refractivity contribution is 0.210. The number of hydrogen-bond acceptors (Lipinski definition) is 4. The highest BCUT2D eigenvalue weighted by molar-refractivity contribution is 7.88. The van der Waals surface area contributed by atoms with E-state index in [1.54, 1.807) is 16.7 Å². The molecule has 3 atom stereocenters. The van der Waals surface area contributed by atoms with Gasteiger partial charge in [-0.2, -0.15) is 0 Å². The number of hydrogen-bond donors (Lipinski definition) is 1. The predicted octanol–water partition coefficient (Wildman–Crippen LogP) is 1.40. The lowest BCUT2D eigenvalue weighted by Crippen LogP contribution is -2.50. The van der Waals surface area contributed by atoms with Crippen molar-refractivity contribution in [3.63, 3.8) is 0 Å². The first-order valence-corrected chi connectivity index (χ1v) is 8.84. The van der Waals surface area contributed by atoms with Gasteiger partial charge in [-0.15, -0.1) is 0 Å². The van der Waals surface area contributed by atoms with Gasteiger partial charge in [0.2, 0.25) is 10.0 Å². The molecule has 5 nitrogen and oxygen atoms in total. The first-order chi connectivity index (χ1) is 9.38. The minimum atomic E-state index is -3.07. The molecule has 0 unspecified atom stereocenters. The van der Waals surface area contributed by atoms with Gasteiger partial charge in [0.25, 0.3) is 0 Å². The quantitative estimate of drug-likeness (QED) is 0.912. The average Bonchev–Trinajstić information content (AvgIpc) is 2.41. The van der Waals surface area contributed by atoms with Crippen LogP contribution in [-0.2, 0) is 10.0 Å². The van der Waals surface area contributed by atoms with E-state index in [2.05, 4.69) is 24.1 Å². The van der Waals surface area contributed by atoms with Crippen LogP contribution in [0, 0.1) is 5.92 Å². The highest BCUT2D eigenvalue weighted by Crippen LogP contribution is 2.22. The van der Waals surface area contributed by atoms with Crippen molar-refractivity contribution in [1.29, 1.82) is 0 Å². The first-order valence-electron chi connectivity index (χ1n) is 6.99. The number of nitrogens with zero attached hydrogens (tertiary/aromatic N) is 2. The molecule has 0 radical (unpaired) electrons. The summed E-state index contributed by atoms with van der Waals surface area (Å²) in [6.07, 6.45) is 5.73. The monoisotopic (exact) mass is 297 g/mol. The Morgan fingerprint density at radius 3 is 2.60 bits per heavy atom. The van der Waals surface area contributed by atoms with Gasteiger partial charge in [-0.25, -0.2) is 12.7 Å². The van der Waals surface area contributed by atoms with E-state index in [-0.39, 0.29) is 6.04 Å². The van der Waals surface area contributed by atoms with Gasteiger partial charge in [-0.05, 0) is 37.0 Å².